The number of carbonyl (C=O) groups excluding carboxylic acids is 1. The molecule has 0 amide bonds. The lowest BCUT2D eigenvalue weighted by Crippen LogP contribution is -2.16. The van der Waals surface area contributed by atoms with Gasteiger partial charge in [-0.05, 0) is 72.2 Å². The summed E-state index contributed by atoms with van der Waals surface area (Å²) in [4.78, 5) is 11.4. The first-order valence-corrected chi connectivity index (χ1v) is 15.1. The number of ether oxygens (including phenoxy) is 4. The summed E-state index contributed by atoms with van der Waals surface area (Å²) in [6.07, 6.45) is 0.765. The standard InChI is InChI=1S/C28H38O5Si/c1-19(2)25-15-22(14-23(10-11-34(7,8)9)28(25)33-18-30-5)16-26-20(3)12-24(13-21(26)4)32-17-27(29)31-6/h12-15,19H,16-18H2,1-9H3. The third kappa shape index (κ3) is 7.93. The number of hydrogen-bond acceptors (Lipinski definition) is 5. The number of benzene rings is 2. The molecule has 0 spiro atoms. The van der Waals surface area contributed by atoms with E-state index >= 15 is 0 Å². The summed E-state index contributed by atoms with van der Waals surface area (Å²) in [5.74, 6) is 4.77. The normalized spacial score (nSPS) is 11.1. The molecule has 34 heavy (non-hydrogen) atoms. The van der Waals surface area contributed by atoms with Gasteiger partial charge in [-0.25, -0.2) is 4.79 Å². The van der Waals surface area contributed by atoms with Crippen LogP contribution in [-0.4, -0.2) is 41.7 Å². The summed E-state index contributed by atoms with van der Waals surface area (Å²) in [6, 6.07) is 8.30. The van der Waals surface area contributed by atoms with Crippen molar-refractivity contribution in [1.29, 1.82) is 0 Å². The lowest BCUT2D eigenvalue weighted by Gasteiger charge is -2.19. The average Bonchev–Trinajstić information content (AvgIpc) is 2.76. The minimum absolute atomic E-state index is 0.103. The van der Waals surface area contributed by atoms with Gasteiger partial charge in [0.15, 0.2) is 13.4 Å². The van der Waals surface area contributed by atoms with Crippen LogP contribution in [-0.2, 0) is 20.7 Å². The van der Waals surface area contributed by atoms with E-state index in [0.29, 0.717) is 5.75 Å². The van der Waals surface area contributed by atoms with E-state index in [1.807, 2.05) is 12.1 Å². The summed E-state index contributed by atoms with van der Waals surface area (Å²) in [5.41, 5.74) is 10.2. The molecule has 0 fully saturated rings. The van der Waals surface area contributed by atoms with Gasteiger partial charge in [-0.15, -0.1) is 5.54 Å². The van der Waals surface area contributed by atoms with Gasteiger partial charge in [-0.2, -0.15) is 0 Å². The molecule has 0 saturated heterocycles. The highest BCUT2D eigenvalue weighted by Crippen LogP contribution is 2.33. The average molecular weight is 483 g/mol. The Labute approximate surface area is 205 Å². The molecule has 0 N–H and O–H groups in total. The molecule has 2 aromatic rings. The number of rotatable bonds is 9. The van der Waals surface area contributed by atoms with E-state index in [4.69, 9.17) is 14.2 Å². The van der Waals surface area contributed by atoms with Crippen LogP contribution >= 0.6 is 0 Å². The van der Waals surface area contributed by atoms with Gasteiger partial charge in [0.1, 0.15) is 19.6 Å². The lowest BCUT2D eigenvalue weighted by atomic mass is 9.91. The zero-order chi connectivity index (χ0) is 25.5. The Morgan fingerprint density at radius 2 is 1.65 bits per heavy atom. The minimum atomic E-state index is -1.57. The van der Waals surface area contributed by atoms with Gasteiger partial charge in [0.2, 0.25) is 0 Å². The summed E-state index contributed by atoms with van der Waals surface area (Å²) >= 11 is 0. The molecular weight excluding hydrogens is 444 g/mol. The Bertz CT molecular complexity index is 1050. The summed E-state index contributed by atoms with van der Waals surface area (Å²) in [7, 11) is 1.41. The molecule has 0 aliphatic rings. The Morgan fingerprint density at radius 1 is 1.00 bits per heavy atom. The van der Waals surface area contributed by atoms with Crippen molar-refractivity contribution < 1.29 is 23.7 Å². The Balaban J connectivity index is 2.49. The van der Waals surface area contributed by atoms with Gasteiger partial charge < -0.3 is 18.9 Å². The second-order valence-corrected chi connectivity index (χ2v) is 14.6. The number of methoxy groups -OCH3 is 2. The molecule has 0 aliphatic carbocycles. The topological polar surface area (TPSA) is 54.0 Å². The number of esters is 1. The molecule has 0 heterocycles. The predicted molar refractivity (Wildman–Crippen MR) is 139 cm³/mol. The maximum absolute atomic E-state index is 11.4. The molecular formula is C28H38O5Si. The van der Waals surface area contributed by atoms with Crippen molar-refractivity contribution in [2.45, 2.75) is 59.7 Å². The third-order valence-corrected chi connectivity index (χ3v) is 6.20. The van der Waals surface area contributed by atoms with E-state index in [1.54, 1.807) is 7.11 Å². The van der Waals surface area contributed by atoms with Crippen molar-refractivity contribution in [3.05, 3.63) is 57.6 Å². The smallest absolute Gasteiger partial charge is 0.343 e. The van der Waals surface area contributed by atoms with Crippen LogP contribution in [0.2, 0.25) is 19.6 Å². The maximum Gasteiger partial charge on any atom is 0.343 e. The molecule has 184 valence electrons. The highest BCUT2D eigenvalue weighted by molar-refractivity contribution is 6.83. The molecule has 0 aliphatic heterocycles. The summed E-state index contributed by atoms with van der Waals surface area (Å²) < 4.78 is 21.4. The molecule has 0 unspecified atom stereocenters. The number of hydrogen-bond donors (Lipinski definition) is 0. The Kier molecular flexibility index (Phi) is 9.78. The van der Waals surface area contributed by atoms with Crippen LogP contribution in [0, 0.1) is 25.3 Å². The zero-order valence-corrected chi connectivity index (χ0v) is 23.0. The maximum atomic E-state index is 11.4. The zero-order valence-electron chi connectivity index (χ0n) is 22.0. The molecule has 0 aromatic heterocycles. The molecule has 5 nitrogen and oxygen atoms in total. The highest BCUT2D eigenvalue weighted by Gasteiger charge is 2.17. The lowest BCUT2D eigenvalue weighted by molar-refractivity contribution is -0.142. The van der Waals surface area contributed by atoms with Crippen LogP contribution < -0.4 is 9.47 Å². The van der Waals surface area contributed by atoms with Gasteiger partial charge in [0.05, 0.1) is 12.7 Å². The Hall–Kier alpha value is -2.75. The van der Waals surface area contributed by atoms with Crippen molar-refractivity contribution in [2.75, 3.05) is 27.6 Å². The number of carbonyl (C=O) groups is 1. The van der Waals surface area contributed by atoms with Gasteiger partial charge in [0.25, 0.3) is 0 Å². The van der Waals surface area contributed by atoms with E-state index in [2.05, 4.69) is 75.7 Å². The van der Waals surface area contributed by atoms with E-state index in [1.165, 1.54) is 18.2 Å². The van der Waals surface area contributed by atoms with Crippen molar-refractivity contribution in [3.8, 4) is 23.0 Å². The van der Waals surface area contributed by atoms with Crippen molar-refractivity contribution in [1.82, 2.24) is 0 Å². The fourth-order valence-electron chi connectivity index (χ4n) is 3.59. The van der Waals surface area contributed by atoms with Gasteiger partial charge in [0, 0.05) is 7.11 Å². The fraction of sp³-hybridized carbons (Fsp3) is 0.464. The van der Waals surface area contributed by atoms with E-state index < -0.39 is 14.0 Å². The first kappa shape index (κ1) is 27.5. The second-order valence-electron chi connectivity index (χ2n) is 9.84. The largest absolute Gasteiger partial charge is 0.482 e. The molecule has 6 heteroatoms. The van der Waals surface area contributed by atoms with Crippen molar-refractivity contribution >= 4 is 14.0 Å². The first-order chi connectivity index (χ1) is 15.9. The van der Waals surface area contributed by atoms with E-state index in [9.17, 15) is 4.79 Å². The highest BCUT2D eigenvalue weighted by atomic mass is 28.3. The van der Waals surface area contributed by atoms with Crippen molar-refractivity contribution in [3.63, 3.8) is 0 Å². The molecule has 0 bridgehead atoms. The molecule has 0 radical (unpaired) electrons. The van der Waals surface area contributed by atoms with Crippen LogP contribution in [0.3, 0.4) is 0 Å². The van der Waals surface area contributed by atoms with E-state index in [-0.39, 0.29) is 19.3 Å². The Morgan fingerprint density at radius 3 is 2.18 bits per heavy atom. The summed E-state index contributed by atoms with van der Waals surface area (Å²) in [6.45, 7) is 15.3. The van der Waals surface area contributed by atoms with Gasteiger partial charge in [-0.3, -0.25) is 0 Å². The van der Waals surface area contributed by atoms with Gasteiger partial charge >= 0.3 is 5.97 Å². The second kappa shape index (κ2) is 12.1. The van der Waals surface area contributed by atoms with Crippen LogP contribution in [0.5, 0.6) is 11.5 Å². The SMILES string of the molecule is COCOc1c(C#C[Si](C)(C)C)cc(Cc2c(C)cc(OCC(=O)OC)cc2C)cc1C(C)C. The van der Waals surface area contributed by atoms with Crippen molar-refractivity contribution in [2.24, 2.45) is 0 Å². The molecule has 2 rings (SSSR count). The predicted octanol–water partition coefficient (Wildman–Crippen LogP) is 5.78. The first-order valence-electron chi connectivity index (χ1n) is 11.6. The fourth-order valence-corrected chi connectivity index (χ4v) is 4.10. The third-order valence-electron chi connectivity index (χ3n) is 5.33. The van der Waals surface area contributed by atoms with E-state index in [0.717, 1.165) is 34.4 Å². The van der Waals surface area contributed by atoms with Crippen LogP contribution in [0.25, 0.3) is 0 Å². The monoisotopic (exact) mass is 482 g/mol. The summed E-state index contributed by atoms with van der Waals surface area (Å²) in [5, 5.41) is 0. The molecule has 2 aromatic carbocycles. The van der Waals surface area contributed by atoms with Crippen LogP contribution in [0.1, 0.15) is 53.1 Å². The quantitative estimate of drug-likeness (QED) is 0.196. The number of aryl methyl sites for hydroxylation is 2. The molecule has 0 atom stereocenters. The van der Waals surface area contributed by atoms with Crippen LogP contribution in [0.15, 0.2) is 24.3 Å². The van der Waals surface area contributed by atoms with Crippen LogP contribution in [0.4, 0.5) is 0 Å². The molecule has 0 saturated carbocycles. The van der Waals surface area contributed by atoms with Gasteiger partial charge in [-0.1, -0.05) is 45.5 Å². The minimum Gasteiger partial charge on any atom is -0.482 e.